The maximum Gasteiger partial charge on any atom is 0.0451 e. The average molecular weight is 274 g/mol. The van der Waals surface area contributed by atoms with Crippen LogP contribution in [-0.4, -0.2) is 0 Å². The summed E-state index contributed by atoms with van der Waals surface area (Å²) >= 11 is 6.09. The molecule has 19 heavy (non-hydrogen) atoms. The van der Waals surface area contributed by atoms with E-state index in [-0.39, 0.29) is 0 Å². The summed E-state index contributed by atoms with van der Waals surface area (Å²) in [4.78, 5) is 0. The minimum Gasteiger partial charge on any atom is -0.326 e. The van der Waals surface area contributed by atoms with Gasteiger partial charge in [-0.15, -0.1) is 0 Å². The quantitative estimate of drug-likeness (QED) is 0.835. The van der Waals surface area contributed by atoms with Crippen molar-refractivity contribution in [2.45, 2.75) is 32.7 Å². The Labute approximate surface area is 120 Å². The monoisotopic (exact) mass is 273 g/mol. The van der Waals surface area contributed by atoms with E-state index in [4.69, 9.17) is 17.3 Å². The molecular weight excluding hydrogens is 254 g/mol. The van der Waals surface area contributed by atoms with Gasteiger partial charge < -0.3 is 5.73 Å². The molecule has 0 saturated carbocycles. The highest BCUT2D eigenvalue weighted by atomic mass is 35.5. The molecule has 2 N–H and O–H groups in total. The molecule has 1 atom stereocenters. The van der Waals surface area contributed by atoms with Crippen molar-refractivity contribution in [2.75, 3.05) is 0 Å². The maximum atomic E-state index is 6.09. The largest absolute Gasteiger partial charge is 0.326 e. The van der Waals surface area contributed by atoms with Gasteiger partial charge in [-0.1, -0.05) is 55.8 Å². The molecule has 0 heterocycles. The number of rotatable bonds is 4. The van der Waals surface area contributed by atoms with Crippen LogP contribution in [0.1, 0.15) is 37.3 Å². The molecular formula is C17H20ClN. The van der Waals surface area contributed by atoms with E-state index in [0.29, 0.717) is 12.5 Å². The van der Waals surface area contributed by atoms with Crippen LogP contribution < -0.4 is 5.73 Å². The van der Waals surface area contributed by atoms with Gasteiger partial charge in [0.15, 0.2) is 0 Å². The molecule has 100 valence electrons. The van der Waals surface area contributed by atoms with E-state index >= 15 is 0 Å². The van der Waals surface area contributed by atoms with E-state index in [2.05, 4.69) is 44.2 Å². The summed E-state index contributed by atoms with van der Waals surface area (Å²) in [5.74, 6) is 0.610. The second kappa shape index (κ2) is 6.23. The number of hydrogen-bond donors (Lipinski definition) is 1. The number of nitrogens with two attached hydrogens (primary N) is 1. The predicted octanol–water partition coefficient (Wildman–Crippen LogP) is 4.98. The number of hydrogen-bond acceptors (Lipinski definition) is 1. The molecule has 0 aromatic heterocycles. The first-order valence-electron chi connectivity index (χ1n) is 6.74. The van der Waals surface area contributed by atoms with Gasteiger partial charge in [0.25, 0.3) is 0 Å². The van der Waals surface area contributed by atoms with E-state index in [1.165, 1.54) is 16.7 Å². The molecule has 2 rings (SSSR count). The van der Waals surface area contributed by atoms with Crippen LogP contribution in [0.5, 0.6) is 0 Å². The third-order valence-corrected chi connectivity index (χ3v) is 4.06. The fraction of sp³-hybridized carbons (Fsp3) is 0.294. The third kappa shape index (κ3) is 3.17. The zero-order chi connectivity index (χ0) is 13.8. The Morgan fingerprint density at radius 1 is 1.05 bits per heavy atom. The molecule has 0 bridgehead atoms. The van der Waals surface area contributed by atoms with Crippen LogP contribution in [0.15, 0.2) is 42.5 Å². The van der Waals surface area contributed by atoms with Gasteiger partial charge in [-0.25, -0.2) is 0 Å². The lowest BCUT2D eigenvalue weighted by Gasteiger charge is -2.11. The van der Waals surface area contributed by atoms with Gasteiger partial charge in [0, 0.05) is 11.6 Å². The Balaban J connectivity index is 2.32. The van der Waals surface area contributed by atoms with Crippen molar-refractivity contribution < 1.29 is 0 Å². The van der Waals surface area contributed by atoms with Crippen molar-refractivity contribution in [1.82, 2.24) is 0 Å². The summed E-state index contributed by atoms with van der Waals surface area (Å²) in [7, 11) is 0. The Morgan fingerprint density at radius 2 is 1.68 bits per heavy atom. The minimum atomic E-state index is 0.470. The number of halogens is 1. The molecule has 2 heteroatoms. The SMILES string of the molecule is CCC(C)c1ccc(-c2ccc(Cl)c(CN)c2)cc1. The molecule has 2 aromatic rings. The van der Waals surface area contributed by atoms with Crippen molar-refractivity contribution in [2.24, 2.45) is 5.73 Å². The topological polar surface area (TPSA) is 26.0 Å². The highest BCUT2D eigenvalue weighted by Gasteiger charge is 2.05. The van der Waals surface area contributed by atoms with Gasteiger partial charge in [0.2, 0.25) is 0 Å². The zero-order valence-electron chi connectivity index (χ0n) is 11.5. The maximum absolute atomic E-state index is 6.09. The Morgan fingerprint density at radius 3 is 2.26 bits per heavy atom. The van der Waals surface area contributed by atoms with Gasteiger partial charge in [-0.2, -0.15) is 0 Å². The van der Waals surface area contributed by atoms with Crippen LogP contribution in [0.2, 0.25) is 5.02 Å². The predicted molar refractivity (Wildman–Crippen MR) is 83.5 cm³/mol. The summed E-state index contributed by atoms with van der Waals surface area (Å²) in [6.45, 7) is 4.94. The molecule has 0 amide bonds. The van der Waals surface area contributed by atoms with Crippen molar-refractivity contribution in [1.29, 1.82) is 0 Å². The van der Waals surface area contributed by atoms with Gasteiger partial charge >= 0.3 is 0 Å². The molecule has 0 aliphatic rings. The second-order valence-electron chi connectivity index (χ2n) is 4.94. The van der Waals surface area contributed by atoms with Gasteiger partial charge in [0.05, 0.1) is 0 Å². The summed E-state index contributed by atoms with van der Waals surface area (Å²) in [5.41, 5.74) is 10.4. The van der Waals surface area contributed by atoms with E-state index in [9.17, 15) is 0 Å². The molecule has 0 spiro atoms. The summed E-state index contributed by atoms with van der Waals surface area (Å²) in [5, 5.41) is 0.738. The molecule has 0 radical (unpaired) electrons. The zero-order valence-corrected chi connectivity index (χ0v) is 12.2. The highest BCUT2D eigenvalue weighted by Crippen LogP contribution is 2.27. The standard InChI is InChI=1S/C17H20ClN/c1-3-12(2)13-4-6-14(7-5-13)15-8-9-17(18)16(10-15)11-19/h4-10,12H,3,11,19H2,1-2H3. The fourth-order valence-electron chi connectivity index (χ4n) is 2.15. The minimum absolute atomic E-state index is 0.470. The lowest BCUT2D eigenvalue weighted by Crippen LogP contribution is -1.97. The average Bonchev–Trinajstić information content (AvgIpc) is 2.47. The van der Waals surface area contributed by atoms with E-state index in [0.717, 1.165) is 17.0 Å². The van der Waals surface area contributed by atoms with Gasteiger partial charge in [-0.3, -0.25) is 0 Å². The molecule has 0 aliphatic carbocycles. The van der Waals surface area contributed by atoms with Crippen molar-refractivity contribution >= 4 is 11.6 Å². The Hall–Kier alpha value is -1.31. The molecule has 1 unspecified atom stereocenters. The van der Waals surface area contributed by atoms with Crippen LogP contribution in [-0.2, 0) is 6.54 Å². The smallest absolute Gasteiger partial charge is 0.0451 e. The van der Waals surface area contributed by atoms with Crippen LogP contribution in [0.3, 0.4) is 0 Å². The lowest BCUT2D eigenvalue weighted by molar-refractivity contribution is 0.734. The molecule has 0 aliphatic heterocycles. The van der Waals surface area contributed by atoms with Gasteiger partial charge in [0.1, 0.15) is 0 Å². The van der Waals surface area contributed by atoms with E-state index in [1.807, 2.05) is 12.1 Å². The third-order valence-electron chi connectivity index (χ3n) is 3.69. The molecule has 1 nitrogen and oxygen atoms in total. The normalized spacial score (nSPS) is 12.4. The lowest BCUT2D eigenvalue weighted by atomic mass is 9.95. The first-order valence-corrected chi connectivity index (χ1v) is 7.12. The second-order valence-corrected chi connectivity index (χ2v) is 5.35. The van der Waals surface area contributed by atoms with Gasteiger partial charge in [-0.05, 0) is 46.7 Å². The van der Waals surface area contributed by atoms with Crippen molar-refractivity contribution in [3.8, 4) is 11.1 Å². The van der Waals surface area contributed by atoms with Crippen LogP contribution in [0, 0.1) is 0 Å². The van der Waals surface area contributed by atoms with Crippen LogP contribution >= 0.6 is 11.6 Å². The highest BCUT2D eigenvalue weighted by molar-refractivity contribution is 6.31. The molecule has 0 fully saturated rings. The molecule has 2 aromatic carbocycles. The van der Waals surface area contributed by atoms with E-state index in [1.54, 1.807) is 0 Å². The van der Waals surface area contributed by atoms with Crippen molar-refractivity contribution in [3.63, 3.8) is 0 Å². The Bertz CT molecular complexity index is 546. The first-order chi connectivity index (χ1) is 9.15. The van der Waals surface area contributed by atoms with Crippen molar-refractivity contribution in [3.05, 3.63) is 58.6 Å². The summed E-state index contributed by atoms with van der Waals surface area (Å²) in [6.07, 6.45) is 1.16. The molecule has 0 saturated heterocycles. The Kier molecular flexibility index (Phi) is 4.62. The first kappa shape index (κ1) is 14.1. The van der Waals surface area contributed by atoms with E-state index < -0.39 is 0 Å². The van der Waals surface area contributed by atoms with Crippen LogP contribution in [0.25, 0.3) is 11.1 Å². The summed E-state index contributed by atoms with van der Waals surface area (Å²) in [6, 6.07) is 14.8. The summed E-state index contributed by atoms with van der Waals surface area (Å²) < 4.78 is 0. The number of benzene rings is 2. The van der Waals surface area contributed by atoms with Crippen LogP contribution in [0.4, 0.5) is 0 Å². The fourth-order valence-corrected chi connectivity index (χ4v) is 2.35.